The Kier molecular flexibility index (Phi) is 7.86. The molecule has 12 nitrogen and oxygen atoms in total. The fourth-order valence-electron chi connectivity index (χ4n) is 10.4. The number of aliphatic hydroxyl groups is 2. The molecule has 4 heterocycles. The van der Waals surface area contributed by atoms with E-state index in [1.165, 1.54) is 7.11 Å². The summed E-state index contributed by atoms with van der Waals surface area (Å²) in [5.74, 6) is -1.20. The minimum absolute atomic E-state index is 0.0633. The van der Waals surface area contributed by atoms with E-state index >= 15 is 0 Å². The van der Waals surface area contributed by atoms with Crippen LogP contribution in [-0.2, 0) is 33.2 Å². The third kappa shape index (κ3) is 4.01. The Bertz CT molecular complexity index is 1320. The molecule has 0 radical (unpaired) electrons. The normalized spacial score (nSPS) is 46.0. The van der Waals surface area contributed by atoms with Gasteiger partial charge in [0.25, 0.3) is 0 Å². The number of nitrogens with zero attached hydrogens (tertiary/aromatic N) is 1. The molecule has 13 atom stereocenters. The molecule has 6 bridgehead atoms. The number of ether oxygens (including phenoxy) is 8. The molecule has 1 unspecified atom stereocenters. The molecule has 4 saturated heterocycles. The highest BCUT2D eigenvalue weighted by atomic mass is 16.7. The van der Waals surface area contributed by atoms with Gasteiger partial charge in [0.05, 0.1) is 31.0 Å². The number of carbonyl (C=O) groups is 1. The fourth-order valence-corrected chi connectivity index (χ4v) is 10.4. The Balaban J connectivity index is 1.41. The Hall–Kier alpha value is -2.13. The van der Waals surface area contributed by atoms with E-state index in [1.807, 2.05) is 6.08 Å². The predicted molar refractivity (Wildman–Crippen MR) is 157 cm³/mol. The van der Waals surface area contributed by atoms with Gasteiger partial charge < -0.3 is 48.1 Å². The molecule has 3 saturated carbocycles. The average molecular weight is 632 g/mol. The van der Waals surface area contributed by atoms with Crippen molar-refractivity contribution in [3.8, 4) is 5.75 Å². The molecule has 12 heteroatoms. The molecule has 0 amide bonds. The Morgan fingerprint density at radius 3 is 2.44 bits per heavy atom. The van der Waals surface area contributed by atoms with Gasteiger partial charge in [-0.15, -0.1) is 0 Å². The van der Waals surface area contributed by atoms with Crippen LogP contribution in [0.15, 0.2) is 35.9 Å². The number of hydrogen-bond donors (Lipinski definition) is 2. The second-order valence-electron chi connectivity index (χ2n) is 13.3. The summed E-state index contributed by atoms with van der Waals surface area (Å²) in [4.78, 5) is 16.0. The Labute approximate surface area is 263 Å². The lowest BCUT2D eigenvalue weighted by Gasteiger charge is -2.75. The number of rotatable bonds is 10. The topological polar surface area (TPSA) is 135 Å². The number of benzene rings is 1. The molecule has 1 spiro atoms. The van der Waals surface area contributed by atoms with E-state index in [4.69, 9.17) is 37.9 Å². The zero-order valence-electron chi connectivity index (χ0n) is 26.7. The molecule has 9 rings (SSSR count). The zero-order valence-corrected chi connectivity index (χ0v) is 26.7. The second kappa shape index (κ2) is 11.2. The van der Waals surface area contributed by atoms with Crippen LogP contribution in [-0.4, -0.2) is 131 Å². The molecule has 7 fully saturated rings. The lowest BCUT2D eigenvalue weighted by molar-refractivity contribution is -0.434. The van der Waals surface area contributed by atoms with Crippen molar-refractivity contribution in [3.05, 3.63) is 41.5 Å². The summed E-state index contributed by atoms with van der Waals surface area (Å²) in [5.41, 5.74) is -2.37. The second-order valence-corrected chi connectivity index (χ2v) is 13.3. The monoisotopic (exact) mass is 631 g/mol. The minimum Gasteiger partial charge on any atom is -0.497 e. The third-order valence-corrected chi connectivity index (χ3v) is 12.0. The molecule has 1 aromatic rings. The number of esters is 1. The van der Waals surface area contributed by atoms with Crippen LogP contribution in [0.4, 0.5) is 0 Å². The van der Waals surface area contributed by atoms with Gasteiger partial charge in [-0.25, -0.2) is 4.79 Å². The smallest absolute Gasteiger partial charge is 0.338 e. The van der Waals surface area contributed by atoms with Gasteiger partial charge in [-0.2, -0.15) is 0 Å². The SMILES string of the molecule is CCN1C[C@]2(OCOC)[C@H]3C[C@H](OC)[C@@]4([C@@H]5C[C@@]6(O)C(OC(=O)c7ccc(OC)cc7)[C@@H]5C(=C[C@H](OC)[C@@H]24)[C@@H](O)[C@@H]6OC)[C@@H]1O3. The largest absolute Gasteiger partial charge is 0.497 e. The van der Waals surface area contributed by atoms with Crippen molar-refractivity contribution >= 4 is 5.97 Å². The van der Waals surface area contributed by atoms with Crippen LogP contribution >= 0.6 is 0 Å². The molecule has 45 heavy (non-hydrogen) atoms. The number of methoxy groups -OCH3 is 5. The maximum Gasteiger partial charge on any atom is 0.338 e. The van der Waals surface area contributed by atoms with Crippen LogP contribution in [0.5, 0.6) is 5.75 Å². The molecular weight excluding hydrogens is 586 g/mol. The summed E-state index contributed by atoms with van der Waals surface area (Å²) >= 11 is 0. The van der Waals surface area contributed by atoms with Crippen LogP contribution in [0.2, 0.25) is 0 Å². The maximum atomic E-state index is 13.7. The van der Waals surface area contributed by atoms with Gasteiger partial charge in [0.2, 0.25) is 0 Å². The summed E-state index contributed by atoms with van der Waals surface area (Å²) < 4.78 is 49.2. The Morgan fingerprint density at radius 2 is 1.82 bits per heavy atom. The molecule has 4 aliphatic heterocycles. The highest BCUT2D eigenvalue weighted by Gasteiger charge is 2.83. The fraction of sp³-hybridized carbons (Fsp3) is 0.727. The van der Waals surface area contributed by atoms with Gasteiger partial charge in [-0.1, -0.05) is 13.0 Å². The standard InChI is InChI=1S/C33H45NO11/c1-7-34-15-32(43-16-38-2)22-13-23(41-5)33(30(34)44-22)20-14-31(37)27(45-29(36)17-8-10-18(39-3)11-9-17)24(20)19(25(35)28(31)42-6)12-21(40-4)26(32)33/h8-12,20-28,30,35,37H,7,13-16H2,1-6H3/t20-,21+,22-,23+,24-,25-,26+,27?,28+,30+,31-,32+,33-/m1/s1. The third-order valence-electron chi connectivity index (χ3n) is 12.0. The van der Waals surface area contributed by atoms with Crippen molar-refractivity contribution in [3.63, 3.8) is 0 Å². The number of aliphatic hydroxyl groups excluding tert-OH is 1. The molecule has 0 aromatic heterocycles. The molecule has 248 valence electrons. The molecule has 2 N–H and O–H groups in total. The van der Waals surface area contributed by atoms with Crippen LogP contribution < -0.4 is 4.74 Å². The van der Waals surface area contributed by atoms with Crippen molar-refractivity contribution in [2.75, 3.05) is 55.4 Å². The first kappa shape index (κ1) is 31.5. The van der Waals surface area contributed by atoms with Crippen molar-refractivity contribution < 1.29 is 52.9 Å². The Morgan fingerprint density at radius 1 is 1.07 bits per heavy atom. The lowest BCUT2D eigenvalue weighted by atomic mass is 9.45. The van der Waals surface area contributed by atoms with E-state index in [0.29, 0.717) is 36.4 Å². The van der Waals surface area contributed by atoms with E-state index in [0.717, 1.165) is 0 Å². The number of piperidine rings is 1. The van der Waals surface area contributed by atoms with Crippen molar-refractivity contribution in [2.45, 2.75) is 73.8 Å². The number of likely N-dealkylation sites (N-methyl/N-ethyl adjacent to an activating group) is 1. The quantitative estimate of drug-likeness (QED) is 0.220. The van der Waals surface area contributed by atoms with Crippen LogP contribution in [0.1, 0.15) is 30.1 Å². The highest BCUT2D eigenvalue weighted by Crippen LogP contribution is 2.73. The summed E-state index contributed by atoms with van der Waals surface area (Å²) in [5, 5.41) is 24.5. The van der Waals surface area contributed by atoms with E-state index in [1.54, 1.807) is 52.7 Å². The predicted octanol–water partition coefficient (Wildman–Crippen LogP) is 1.37. The lowest BCUT2D eigenvalue weighted by Crippen LogP contribution is -2.87. The first-order valence-electron chi connectivity index (χ1n) is 15.8. The maximum absolute atomic E-state index is 13.7. The summed E-state index contributed by atoms with van der Waals surface area (Å²) in [7, 11) is 8.00. The van der Waals surface area contributed by atoms with Crippen molar-refractivity contribution in [2.24, 2.45) is 23.2 Å². The molecule has 1 aromatic carbocycles. The highest BCUT2D eigenvalue weighted by molar-refractivity contribution is 5.89. The van der Waals surface area contributed by atoms with Gasteiger partial charge in [-0.3, -0.25) is 4.90 Å². The van der Waals surface area contributed by atoms with Gasteiger partial charge in [0, 0.05) is 58.7 Å². The minimum atomic E-state index is -1.70. The van der Waals surface area contributed by atoms with Crippen LogP contribution in [0, 0.1) is 23.2 Å². The van der Waals surface area contributed by atoms with E-state index < -0.39 is 59.1 Å². The van der Waals surface area contributed by atoms with Gasteiger partial charge >= 0.3 is 5.97 Å². The van der Waals surface area contributed by atoms with Crippen LogP contribution in [0.25, 0.3) is 0 Å². The molecule has 4 aliphatic carbocycles. The summed E-state index contributed by atoms with van der Waals surface area (Å²) in [6.07, 6.45) is -2.00. The first-order chi connectivity index (χ1) is 21.7. The van der Waals surface area contributed by atoms with Gasteiger partial charge in [0.15, 0.2) is 0 Å². The van der Waals surface area contributed by atoms with E-state index in [9.17, 15) is 15.0 Å². The van der Waals surface area contributed by atoms with Crippen molar-refractivity contribution in [1.29, 1.82) is 0 Å². The van der Waals surface area contributed by atoms with Gasteiger partial charge in [0.1, 0.15) is 48.3 Å². The van der Waals surface area contributed by atoms with Gasteiger partial charge in [-0.05, 0) is 48.7 Å². The average Bonchev–Trinajstić information content (AvgIpc) is 3.21. The van der Waals surface area contributed by atoms with Crippen LogP contribution in [0.3, 0.4) is 0 Å². The van der Waals surface area contributed by atoms with E-state index in [-0.39, 0.29) is 37.3 Å². The van der Waals surface area contributed by atoms with Crippen molar-refractivity contribution in [1.82, 2.24) is 4.90 Å². The molecule has 8 aliphatic rings. The first-order valence-corrected chi connectivity index (χ1v) is 15.8. The summed E-state index contributed by atoms with van der Waals surface area (Å²) in [6.45, 7) is 3.45. The zero-order chi connectivity index (χ0) is 31.9. The molecular formula is C33H45NO11. The summed E-state index contributed by atoms with van der Waals surface area (Å²) in [6, 6.07) is 6.64. The van der Waals surface area contributed by atoms with E-state index in [2.05, 4.69) is 11.8 Å². The number of fused-ring (bicyclic) bond motifs is 3. The number of carbonyl (C=O) groups excluding carboxylic acids is 1. The number of hydrogen-bond acceptors (Lipinski definition) is 12.